The Labute approximate surface area is 180 Å². The Hall–Kier alpha value is -3.41. The van der Waals surface area contributed by atoms with E-state index in [1.165, 1.54) is 35.4 Å². The first-order valence-corrected chi connectivity index (χ1v) is 10.5. The van der Waals surface area contributed by atoms with E-state index in [4.69, 9.17) is 4.42 Å². The molecule has 0 radical (unpaired) electrons. The fourth-order valence-corrected chi connectivity index (χ4v) is 4.05. The van der Waals surface area contributed by atoms with Crippen LogP contribution in [0.15, 0.2) is 71.3 Å². The third kappa shape index (κ3) is 4.68. The lowest BCUT2D eigenvalue weighted by Gasteiger charge is -2.32. The summed E-state index contributed by atoms with van der Waals surface area (Å²) in [4.78, 5) is 28.3. The number of hydrogen-bond donors (Lipinski definition) is 1. The van der Waals surface area contributed by atoms with Gasteiger partial charge in [0, 0.05) is 11.7 Å². The van der Waals surface area contributed by atoms with Crippen LogP contribution in [0.25, 0.3) is 0 Å². The molecule has 2 amide bonds. The van der Waals surface area contributed by atoms with Gasteiger partial charge in [-0.15, -0.1) is 0 Å². The summed E-state index contributed by atoms with van der Waals surface area (Å²) < 4.78 is 19.4. The zero-order valence-electron chi connectivity index (χ0n) is 17.4. The largest absolute Gasteiger partial charge is 0.459 e. The van der Waals surface area contributed by atoms with E-state index in [1.54, 1.807) is 12.1 Å². The van der Waals surface area contributed by atoms with Crippen molar-refractivity contribution in [3.05, 3.63) is 89.6 Å². The smallest absolute Gasteiger partial charge is 0.294 e. The maximum atomic E-state index is 14.1. The summed E-state index contributed by atoms with van der Waals surface area (Å²) in [6.07, 6.45) is 5.37. The number of nitrogens with zero attached hydrogens (tertiary/aromatic N) is 1. The highest BCUT2D eigenvalue weighted by Crippen LogP contribution is 2.31. The highest BCUT2D eigenvalue weighted by molar-refractivity contribution is 6.08. The maximum Gasteiger partial charge on any atom is 0.294 e. The van der Waals surface area contributed by atoms with Crippen molar-refractivity contribution in [2.75, 3.05) is 4.90 Å². The van der Waals surface area contributed by atoms with Crippen LogP contribution in [-0.4, -0.2) is 17.9 Å². The minimum absolute atomic E-state index is 0.0773. The highest BCUT2D eigenvalue weighted by atomic mass is 19.1. The zero-order chi connectivity index (χ0) is 21.8. The predicted molar refractivity (Wildman–Crippen MR) is 116 cm³/mol. The van der Waals surface area contributed by atoms with E-state index in [2.05, 4.69) is 5.32 Å². The molecule has 1 atom stereocenters. The number of rotatable bonds is 6. The fraction of sp³-hybridized carbons (Fsp3) is 0.280. The maximum absolute atomic E-state index is 14.1. The second kappa shape index (κ2) is 9.16. The number of furan rings is 1. The highest BCUT2D eigenvalue weighted by Gasteiger charge is 2.35. The molecule has 1 unspecified atom stereocenters. The first-order chi connectivity index (χ1) is 15.0. The minimum atomic E-state index is -0.972. The number of benzene rings is 2. The summed E-state index contributed by atoms with van der Waals surface area (Å²) in [7, 11) is 0. The lowest BCUT2D eigenvalue weighted by atomic mass is 10.0. The van der Waals surface area contributed by atoms with Crippen LogP contribution in [-0.2, 0) is 4.79 Å². The van der Waals surface area contributed by atoms with Gasteiger partial charge in [0.15, 0.2) is 5.76 Å². The molecule has 160 valence electrons. The number of halogens is 1. The van der Waals surface area contributed by atoms with Crippen molar-refractivity contribution in [2.45, 2.75) is 44.7 Å². The van der Waals surface area contributed by atoms with Crippen molar-refractivity contribution >= 4 is 17.5 Å². The van der Waals surface area contributed by atoms with Crippen LogP contribution in [0.4, 0.5) is 10.1 Å². The Bertz CT molecular complexity index is 1040. The second-order valence-electron chi connectivity index (χ2n) is 7.94. The molecular weight excluding hydrogens is 395 g/mol. The monoisotopic (exact) mass is 420 g/mol. The average Bonchev–Trinajstić information content (AvgIpc) is 3.46. The Balaban J connectivity index is 1.80. The number of carbonyl (C=O) groups is 2. The Morgan fingerprint density at radius 2 is 1.81 bits per heavy atom. The molecule has 0 saturated heterocycles. The van der Waals surface area contributed by atoms with Gasteiger partial charge in [0.25, 0.3) is 5.91 Å². The molecule has 1 N–H and O–H groups in total. The van der Waals surface area contributed by atoms with E-state index >= 15 is 0 Å². The standard InChI is InChI=1S/C25H25FN2O3/c1-17-11-13-18(14-12-17)23(24(29)27-20-7-2-3-8-20)28(21-9-4-6-19(26)16-21)25(30)22-10-5-15-31-22/h4-6,9-16,20,23H,2-3,7-8H2,1H3,(H,27,29). The van der Waals surface area contributed by atoms with Gasteiger partial charge in [-0.2, -0.15) is 0 Å². The van der Waals surface area contributed by atoms with Gasteiger partial charge in [-0.05, 0) is 55.7 Å². The van der Waals surface area contributed by atoms with E-state index < -0.39 is 17.8 Å². The van der Waals surface area contributed by atoms with Gasteiger partial charge < -0.3 is 9.73 Å². The van der Waals surface area contributed by atoms with E-state index in [1.807, 2.05) is 31.2 Å². The molecule has 4 rings (SSSR count). The molecule has 0 spiro atoms. The van der Waals surface area contributed by atoms with Gasteiger partial charge in [0.05, 0.1) is 6.26 Å². The zero-order valence-corrected chi connectivity index (χ0v) is 17.4. The topological polar surface area (TPSA) is 62.6 Å². The van der Waals surface area contributed by atoms with E-state index in [0.717, 1.165) is 31.2 Å². The third-order valence-electron chi connectivity index (χ3n) is 5.64. The fourth-order valence-electron chi connectivity index (χ4n) is 4.05. The number of nitrogens with one attached hydrogen (secondary N) is 1. The summed E-state index contributed by atoms with van der Waals surface area (Å²) in [5, 5.41) is 3.10. The number of carbonyl (C=O) groups excluding carboxylic acids is 2. The molecule has 1 fully saturated rings. The summed E-state index contributed by atoms with van der Waals surface area (Å²) in [6, 6.07) is 15.4. The van der Waals surface area contributed by atoms with E-state index in [-0.39, 0.29) is 23.4 Å². The lowest BCUT2D eigenvalue weighted by molar-refractivity contribution is -0.123. The number of anilines is 1. The minimum Gasteiger partial charge on any atom is -0.459 e. The van der Waals surface area contributed by atoms with Crippen LogP contribution >= 0.6 is 0 Å². The first-order valence-electron chi connectivity index (χ1n) is 10.5. The molecule has 0 aliphatic heterocycles. The molecule has 1 heterocycles. The van der Waals surface area contributed by atoms with Crippen LogP contribution in [0.2, 0.25) is 0 Å². The predicted octanol–water partition coefficient (Wildman–Crippen LogP) is 5.17. The van der Waals surface area contributed by atoms with Crippen molar-refractivity contribution in [2.24, 2.45) is 0 Å². The van der Waals surface area contributed by atoms with Gasteiger partial charge in [0.1, 0.15) is 11.9 Å². The van der Waals surface area contributed by atoms with E-state index in [0.29, 0.717) is 5.56 Å². The Morgan fingerprint density at radius 3 is 2.45 bits per heavy atom. The molecule has 1 aliphatic carbocycles. The molecule has 5 nitrogen and oxygen atoms in total. The van der Waals surface area contributed by atoms with Gasteiger partial charge in [-0.25, -0.2) is 4.39 Å². The van der Waals surface area contributed by atoms with Crippen molar-refractivity contribution in [3.63, 3.8) is 0 Å². The Kier molecular flexibility index (Phi) is 6.16. The molecule has 31 heavy (non-hydrogen) atoms. The Morgan fingerprint density at radius 1 is 1.06 bits per heavy atom. The van der Waals surface area contributed by atoms with Gasteiger partial charge >= 0.3 is 0 Å². The van der Waals surface area contributed by atoms with Crippen LogP contribution in [0, 0.1) is 12.7 Å². The molecule has 1 aromatic heterocycles. The quantitative estimate of drug-likeness (QED) is 0.598. The molecular formula is C25H25FN2O3. The van der Waals surface area contributed by atoms with Crippen LogP contribution < -0.4 is 10.2 Å². The lowest BCUT2D eigenvalue weighted by Crippen LogP contribution is -2.46. The van der Waals surface area contributed by atoms with Gasteiger partial charge in [-0.1, -0.05) is 48.7 Å². The third-order valence-corrected chi connectivity index (χ3v) is 5.64. The molecule has 1 aliphatic rings. The molecule has 1 saturated carbocycles. The molecule has 2 aromatic carbocycles. The SMILES string of the molecule is Cc1ccc(C(C(=O)NC2CCCC2)N(C(=O)c2ccco2)c2cccc(F)c2)cc1. The normalized spacial score (nSPS) is 14.9. The van der Waals surface area contributed by atoms with Gasteiger partial charge in [0.2, 0.25) is 5.91 Å². The van der Waals surface area contributed by atoms with Crippen LogP contribution in [0.1, 0.15) is 53.4 Å². The summed E-state index contributed by atoms with van der Waals surface area (Å²) >= 11 is 0. The average molecular weight is 420 g/mol. The number of aryl methyl sites for hydroxylation is 1. The summed E-state index contributed by atoms with van der Waals surface area (Å²) in [6.45, 7) is 1.95. The van der Waals surface area contributed by atoms with Crippen molar-refractivity contribution in [3.8, 4) is 0 Å². The first kappa shape index (κ1) is 20.8. The number of hydrogen-bond acceptors (Lipinski definition) is 3. The van der Waals surface area contributed by atoms with E-state index in [9.17, 15) is 14.0 Å². The second-order valence-corrected chi connectivity index (χ2v) is 7.94. The molecule has 6 heteroatoms. The van der Waals surface area contributed by atoms with Crippen LogP contribution in [0.3, 0.4) is 0 Å². The summed E-state index contributed by atoms with van der Waals surface area (Å²) in [5.74, 6) is -1.22. The molecule has 3 aromatic rings. The van der Waals surface area contributed by atoms with Crippen LogP contribution in [0.5, 0.6) is 0 Å². The molecule has 0 bridgehead atoms. The summed E-state index contributed by atoms with van der Waals surface area (Å²) in [5.41, 5.74) is 1.96. The van der Waals surface area contributed by atoms with Crippen molar-refractivity contribution in [1.29, 1.82) is 0 Å². The van der Waals surface area contributed by atoms with Crippen molar-refractivity contribution < 1.29 is 18.4 Å². The van der Waals surface area contributed by atoms with Crippen molar-refractivity contribution in [1.82, 2.24) is 5.32 Å². The number of amides is 2. The van der Waals surface area contributed by atoms with Gasteiger partial charge in [-0.3, -0.25) is 14.5 Å².